The average Bonchev–Trinajstić information content (AvgIpc) is 3.30. The first-order valence-corrected chi connectivity index (χ1v) is 7.67. The van der Waals surface area contributed by atoms with Gasteiger partial charge in [-0.1, -0.05) is 25.3 Å². The predicted octanol–water partition coefficient (Wildman–Crippen LogP) is 3.41. The molecule has 2 aliphatic carbocycles. The first-order chi connectivity index (χ1) is 9.74. The smallest absolute Gasteiger partial charge is 0.272 e. The van der Waals surface area contributed by atoms with E-state index in [0.717, 1.165) is 19.4 Å². The predicted molar refractivity (Wildman–Crippen MR) is 74.8 cm³/mol. The van der Waals surface area contributed by atoms with Crippen molar-refractivity contribution in [2.75, 3.05) is 6.54 Å². The van der Waals surface area contributed by atoms with Crippen molar-refractivity contribution in [3.05, 3.63) is 29.8 Å². The Kier molecular flexibility index (Phi) is 3.99. The lowest BCUT2D eigenvalue weighted by atomic mass is 9.89. The van der Waals surface area contributed by atoms with Crippen LogP contribution in [0, 0.1) is 11.9 Å². The Morgan fingerprint density at radius 3 is 2.60 bits per heavy atom. The van der Waals surface area contributed by atoms with Crippen LogP contribution in [-0.4, -0.2) is 28.4 Å². The van der Waals surface area contributed by atoms with Gasteiger partial charge in [-0.15, -0.1) is 0 Å². The molecule has 0 spiro atoms. The molecule has 3 rings (SSSR count). The van der Waals surface area contributed by atoms with Gasteiger partial charge in [0, 0.05) is 12.6 Å². The minimum Gasteiger partial charge on any atom is -0.334 e. The molecule has 3 nitrogen and oxygen atoms in total. The zero-order valence-electron chi connectivity index (χ0n) is 11.7. The standard InChI is InChI=1S/C16H21FN2O/c17-15-8-4-7-14(18-15)16(20)19(13-9-10-13)11-12-5-2-1-3-6-12/h4,7-8,12-13H,1-3,5-6,9-11H2. The second kappa shape index (κ2) is 5.90. The maximum atomic E-state index is 13.2. The second-order valence-electron chi connectivity index (χ2n) is 6.04. The number of hydrogen-bond acceptors (Lipinski definition) is 2. The van der Waals surface area contributed by atoms with E-state index >= 15 is 0 Å². The molecule has 1 aromatic heterocycles. The lowest BCUT2D eigenvalue weighted by Crippen LogP contribution is -2.38. The molecular formula is C16H21FN2O. The summed E-state index contributed by atoms with van der Waals surface area (Å²) in [6.07, 6.45) is 8.45. The summed E-state index contributed by atoms with van der Waals surface area (Å²) in [4.78, 5) is 18.2. The zero-order chi connectivity index (χ0) is 13.9. The minimum absolute atomic E-state index is 0.0995. The Balaban J connectivity index is 1.71. The highest BCUT2D eigenvalue weighted by Gasteiger charge is 2.35. The molecule has 0 atom stereocenters. The molecule has 20 heavy (non-hydrogen) atoms. The van der Waals surface area contributed by atoms with Crippen molar-refractivity contribution < 1.29 is 9.18 Å². The van der Waals surface area contributed by atoms with Gasteiger partial charge in [-0.25, -0.2) is 4.98 Å². The number of rotatable bonds is 4. The summed E-state index contributed by atoms with van der Waals surface area (Å²) in [6, 6.07) is 4.80. The van der Waals surface area contributed by atoms with Gasteiger partial charge in [0.1, 0.15) is 5.69 Å². The maximum absolute atomic E-state index is 13.2. The van der Waals surface area contributed by atoms with Crippen LogP contribution in [0.1, 0.15) is 55.4 Å². The summed E-state index contributed by atoms with van der Waals surface area (Å²) in [5.74, 6) is -0.0660. The van der Waals surface area contributed by atoms with E-state index in [1.54, 1.807) is 12.1 Å². The van der Waals surface area contributed by atoms with E-state index in [-0.39, 0.29) is 11.6 Å². The topological polar surface area (TPSA) is 33.2 Å². The largest absolute Gasteiger partial charge is 0.334 e. The molecule has 0 saturated heterocycles. The molecule has 108 valence electrons. The monoisotopic (exact) mass is 276 g/mol. The molecule has 1 amide bonds. The van der Waals surface area contributed by atoms with Crippen molar-refractivity contribution in [2.45, 2.75) is 51.0 Å². The lowest BCUT2D eigenvalue weighted by Gasteiger charge is -2.29. The van der Waals surface area contributed by atoms with E-state index in [0.29, 0.717) is 12.0 Å². The highest BCUT2D eigenvalue weighted by Crippen LogP contribution is 2.32. The molecule has 2 saturated carbocycles. The molecule has 0 N–H and O–H groups in total. The van der Waals surface area contributed by atoms with Gasteiger partial charge in [-0.05, 0) is 43.7 Å². The highest BCUT2D eigenvalue weighted by molar-refractivity contribution is 5.92. The van der Waals surface area contributed by atoms with Gasteiger partial charge in [0.15, 0.2) is 0 Å². The first-order valence-electron chi connectivity index (χ1n) is 7.67. The Hall–Kier alpha value is -1.45. The van der Waals surface area contributed by atoms with Crippen molar-refractivity contribution in [1.29, 1.82) is 0 Å². The van der Waals surface area contributed by atoms with E-state index in [9.17, 15) is 9.18 Å². The fraction of sp³-hybridized carbons (Fsp3) is 0.625. The third-order valence-corrected chi connectivity index (χ3v) is 4.36. The van der Waals surface area contributed by atoms with Crippen molar-refractivity contribution in [2.24, 2.45) is 5.92 Å². The normalized spacial score (nSPS) is 19.9. The number of pyridine rings is 1. The fourth-order valence-electron chi connectivity index (χ4n) is 3.11. The summed E-state index contributed by atoms with van der Waals surface area (Å²) >= 11 is 0. The van der Waals surface area contributed by atoms with Crippen LogP contribution in [0.4, 0.5) is 4.39 Å². The Morgan fingerprint density at radius 1 is 1.20 bits per heavy atom. The molecule has 0 aliphatic heterocycles. The summed E-state index contributed by atoms with van der Waals surface area (Å²) in [6.45, 7) is 0.821. The van der Waals surface area contributed by atoms with Gasteiger partial charge in [0.05, 0.1) is 0 Å². The SMILES string of the molecule is O=C(c1cccc(F)n1)N(CC1CCCCC1)C1CC1. The first kappa shape index (κ1) is 13.5. The van der Waals surface area contributed by atoms with Crippen LogP contribution in [-0.2, 0) is 0 Å². The third-order valence-electron chi connectivity index (χ3n) is 4.36. The molecule has 0 radical (unpaired) electrons. The summed E-state index contributed by atoms with van der Waals surface area (Å²) in [5, 5.41) is 0. The lowest BCUT2D eigenvalue weighted by molar-refractivity contribution is 0.0691. The van der Waals surface area contributed by atoms with E-state index in [2.05, 4.69) is 4.98 Å². The number of aromatic nitrogens is 1. The Morgan fingerprint density at radius 2 is 1.95 bits per heavy atom. The minimum atomic E-state index is -0.579. The van der Waals surface area contributed by atoms with E-state index in [1.165, 1.54) is 38.2 Å². The molecule has 0 bridgehead atoms. The van der Waals surface area contributed by atoms with Gasteiger partial charge in [-0.2, -0.15) is 4.39 Å². The number of halogens is 1. The van der Waals surface area contributed by atoms with Crippen LogP contribution < -0.4 is 0 Å². The van der Waals surface area contributed by atoms with E-state index in [1.807, 2.05) is 4.90 Å². The van der Waals surface area contributed by atoms with Crippen LogP contribution >= 0.6 is 0 Å². The zero-order valence-corrected chi connectivity index (χ0v) is 11.7. The number of amides is 1. The Bertz CT molecular complexity index is 481. The molecule has 0 unspecified atom stereocenters. The maximum Gasteiger partial charge on any atom is 0.272 e. The van der Waals surface area contributed by atoms with Crippen molar-refractivity contribution in [1.82, 2.24) is 9.88 Å². The quantitative estimate of drug-likeness (QED) is 0.790. The molecule has 2 aliphatic rings. The third kappa shape index (κ3) is 3.17. The number of carbonyl (C=O) groups is 1. The summed E-state index contributed by atoms with van der Waals surface area (Å²) in [5.41, 5.74) is 0.243. The molecule has 2 fully saturated rings. The fourth-order valence-corrected chi connectivity index (χ4v) is 3.11. The highest BCUT2D eigenvalue weighted by atomic mass is 19.1. The second-order valence-corrected chi connectivity index (χ2v) is 6.04. The van der Waals surface area contributed by atoms with Crippen LogP contribution in [0.3, 0.4) is 0 Å². The van der Waals surface area contributed by atoms with Gasteiger partial charge >= 0.3 is 0 Å². The van der Waals surface area contributed by atoms with Gasteiger partial charge in [0.2, 0.25) is 5.95 Å². The van der Waals surface area contributed by atoms with Gasteiger partial charge < -0.3 is 4.90 Å². The van der Waals surface area contributed by atoms with Crippen molar-refractivity contribution in [3.63, 3.8) is 0 Å². The van der Waals surface area contributed by atoms with E-state index in [4.69, 9.17) is 0 Å². The number of nitrogens with zero attached hydrogens (tertiary/aromatic N) is 2. The van der Waals surface area contributed by atoms with Crippen LogP contribution in [0.5, 0.6) is 0 Å². The molecular weight excluding hydrogens is 255 g/mol. The average molecular weight is 276 g/mol. The molecule has 4 heteroatoms. The molecule has 0 aromatic carbocycles. The molecule has 1 aromatic rings. The van der Waals surface area contributed by atoms with Crippen LogP contribution in [0.15, 0.2) is 18.2 Å². The van der Waals surface area contributed by atoms with Crippen molar-refractivity contribution in [3.8, 4) is 0 Å². The van der Waals surface area contributed by atoms with E-state index < -0.39 is 5.95 Å². The number of hydrogen-bond donors (Lipinski definition) is 0. The Labute approximate surface area is 119 Å². The molecule has 1 heterocycles. The summed E-state index contributed by atoms with van der Waals surface area (Å²) in [7, 11) is 0. The van der Waals surface area contributed by atoms with Gasteiger partial charge in [0.25, 0.3) is 5.91 Å². The summed E-state index contributed by atoms with van der Waals surface area (Å²) < 4.78 is 13.2. The van der Waals surface area contributed by atoms with Gasteiger partial charge in [-0.3, -0.25) is 4.79 Å². The van der Waals surface area contributed by atoms with Crippen LogP contribution in [0.2, 0.25) is 0 Å². The van der Waals surface area contributed by atoms with Crippen LogP contribution in [0.25, 0.3) is 0 Å². The van der Waals surface area contributed by atoms with Crippen molar-refractivity contribution >= 4 is 5.91 Å². The number of carbonyl (C=O) groups excluding carboxylic acids is 1.